The Morgan fingerprint density at radius 1 is 1.50 bits per heavy atom. The molecular weight excluding hydrogens is 206 g/mol. The van der Waals surface area contributed by atoms with E-state index in [0.29, 0.717) is 6.61 Å². The Labute approximate surface area is 86.6 Å². The molecule has 0 amide bonds. The summed E-state index contributed by atoms with van der Waals surface area (Å²) < 4.78 is 5.12. The molecule has 1 rings (SSSR count). The molecule has 0 radical (unpaired) electrons. The lowest BCUT2D eigenvalue weighted by molar-refractivity contribution is -0.384. The van der Waals surface area contributed by atoms with Gasteiger partial charge in [0.1, 0.15) is 5.56 Å². The van der Waals surface area contributed by atoms with Gasteiger partial charge in [-0.2, -0.15) is 0 Å². The molecule has 1 aromatic rings. The second kappa shape index (κ2) is 4.93. The third-order valence-electron chi connectivity index (χ3n) is 1.63. The van der Waals surface area contributed by atoms with Crippen LogP contribution in [0.15, 0.2) is 24.3 Å². The van der Waals surface area contributed by atoms with Gasteiger partial charge in [0.05, 0.1) is 11.5 Å². The van der Waals surface area contributed by atoms with Crippen LogP contribution in [-0.2, 0) is 11.3 Å². The number of hydrogen-bond donors (Lipinski definition) is 0. The molecule has 0 fully saturated rings. The zero-order chi connectivity index (χ0) is 10.6. The number of ether oxygens (including phenoxy) is 1. The molecule has 76 valence electrons. The first-order chi connectivity index (χ1) is 6.59. The van der Waals surface area contributed by atoms with Gasteiger partial charge in [0, 0.05) is 12.1 Å². The fourth-order valence-corrected chi connectivity index (χ4v) is 0.988. The zero-order valence-corrected chi connectivity index (χ0v) is 8.40. The van der Waals surface area contributed by atoms with Crippen molar-refractivity contribution >= 4 is 17.3 Å². The van der Waals surface area contributed by atoms with E-state index in [0.717, 1.165) is 5.56 Å². The second-order valence-corrected chi connectivity index (χ2v) is 3.39. The van der Waals surface area contributed by atoms with Crippen molar-refractivity contribution in [3.8, 4) is 0 Å². The molecule has 0 saturated carbocycles. The Kier molecular flexibility index (Phi) is 3.85. The topological polar surface area (TPSA) is 52.4 Å². The lowest BCUT2D eigenvalue weighted by Gasteiger charge is -2.04. The molecule has 0 saturated heterocycles. The van der Waals surface area contributed by atoms with Crippen LogP contribution in [-0.4, -0.2) is 10.5 Å². The molecule has 0 aliphatic carbocycles. The van der Waals surface area contributed by atoms with Crippen molar-refractivity contribution in [1.82, 2.24) is 0 Å². The minimum Gasteiger partial charge on any atom is -0.358 e. The van der Waals surface area contributed by atoms with Crippen LogP contribution < -0.4 is 0 Å². The van der Waals surface area contributed by atoms with Crippen molar-refractivity contribution < 1.29 is 9.66 Å². The number of rotatable bonds is 4. The molecule has 4 nitrogen and oxygen atoms in total. The maximum Gasteiger partial charge on any atom is 0.269 e. The number of nitro benzene ring substituents is 1. The van der Waals surface area contributed by atoms with E-state index in [1.54, 1.807) is 19.1 Å². The van der Waals surface area contributed by atoms with Crippen molar-refractivity contribution in [1.29, 1.82) is 0 Å². The Morgan fingerprint density at radius 2 is 2.07 bits per heavy atom. The number of hydrogen-bond acceptors (Lipinski definition) is 3. The average Bonchev–Trinajstić information content (AvgIpc) is 2.15. The maximum atomic E-state index is 10.3. The van der Waals surface area contributed by atoms with Gasteiger partial charge in [-0.15, -0.1) is 0 Å². The summed E-state index contributed by atoms with van der Waals surface area (Å²) in [6.07, 6.45) is 0. The van der Waals surface area contributed by atoms with Crippen LogP contribution in [0.5, 0.6) is 0 Å². The Bertz CT molecular complexity index is 310. The van der Waals surface area contributed by atoms with Crippen LogP contribution >= 0.6 is 11.6 Å². The number of nitro groups is 1. The molecule has 1 atom stereocenters. The quantitative estimate of drug-likeness (QED) is 0.441. The summed E-state index contributed by atoms with van der Waals surface area (Å²) >= 11 is 5.58. The SMILES string of the molecule is CC(Cl)OCc1ccc([N+](=O)[O-])cc1. The average molecular weight is 216 g/mol. The van der Waals surface area contributed by atoms with Crippen molar-refractivity contribution in [2.45, 2.75) is 19.1 Å². The largest absolute Gasteiger partial charge is 0.358 e. The van der Waals surface area contributed by atoms with Crippen molar-refractivity contribution in [3.05, 3.63) is 39.9 Å². The summed E-state index contributed by atoms with van der Waals surface area (Å²) in [7, 11) is 0. The van der Waals surface area contributed by atoms with E-state index in [-0.39, 0.29) is 11.3 Å². The first-order valence-corrected chi connectivity index (χ1v) is 4.52. The highest BCUT2D eigenvalue weighted by molar-refractivity contribution is 6.19. The lowest BCUT2D eigenvalue weighted by atomic mass is 10.2. The van der Waals surface area contributed by atoms with Crippen LogP contribution in [0.25, 0.3) is 0 Å². The molecule has 14 heavy (non-hydrogen) atoms. The van der Waals surface area contributed by atoms with E-state index < -0.39 is 4.92 Å². The van der Waals surface area contributed by atoms with Crippen molar-refractivity contribution in [2.75, 3.05) is 0 Å². The van der Waals surface area contributed by atoms with Crippen LogP contribution in [0.3, 0.4) is 0 Å². The van der Waals surface area contributed by atoms with Gasteiger partial charge in [-0.25, -0.2) is 0 Å². The monoisotopic (exact) mass is 215 g/mol. The van der Waals surface area contributed by atoms with Gasteiger partial charge < -0.3 is 4.74 Å². The number of nitrogens with zero attached hydrogens (tertiary/aromatic N) is 1. The number of alkyl halides is 1. The first kappa shape index (κ1) is 10.9. The summed E-state index contributed by atoms with van der Waals surface area (Å²) in [6.45, 7) is 2.08. The van der Waals surface area contributed by atoms with E-state index in [4.69, 9.17) is 16.3 Å². The highest BCUT2D eigenvalue weighted by Gasteiger charge is 2.04. The highest BCUT2D eigenvalue weighted by Crippen LogP contribution is 2.13. The molecule has 1 aromatic carbocycles. The highest BCUT2D eigenvalue weighted by atomic mass is 35.5. The van der Waals surface area contributed by atoms with E-state index in [1.165, 1.54) is 12.1 Å². The van der Waals surface area contributed by atoms with E-state index in [2.05, 4.69) is 0 Å². The smallest absolute Gasteiger partial charge is 0.269 e. The first-order valence-electron chi connectivity index (χ1n) is 4.08. The van der Waals surface area contributed by atoms with Gasteiger partial charge in [-0.1, -0.05) is 11.6 Å². The summed E-state index contributed by atoms with van der Waals surface area (Å²) in [5.74, 6) is 0. The summed E-state index contributed by atoms with van der Waals surface area (Å²) in [5, 5.41) is 10.3. The molecule has 5 heteroatoms. The van der Waals surface area contributed by atoms with Gasteiger partial charge in [-0.05, 0) is 24.6 Å². The predicted octanol–water partition coefficient (Wildman–Crippen LogP) is 2.70. The number of halogens is 1. The number of non-ortho nitro benzene ring substituents is 1. The van der Waals surface area contributed by atoms with Crippen LogP contribution in [0.1, 0.15) is 12.5 Å². The second-order valence-electron chi connectivity index (χ2n) is 2.78. The van der Waals surface area contributed by atoms with E-state index >= 15 is 0 Å². The molecular formula is C9H10ClNO3. The lowest BCUT2D eigenvalue weighted by Crippen LogP contribution is -1.99. The molecule has 0 aromatic heterocycles. The standard InChI is InChI=1S/C9H10ClNO3/c1-7(10)14-6-8-2-4-9(5-3-8)11(12)13/h2-5,7H,6H2,1H3. The molecule has 0 aliphatic rings. The van der Waals surface area contributed by atoms with Gasteiger partial charge >= 0.3 is 0 Å². The van der Waals surface area contributed by atoms with Gasteiger partial charge in [0.25, 0.3) is 5.69 Å². The van der Waals surface area contributed by atoms with Crippen LogP contribution in [0.4, 0.5) is 5.69 Å². The summed E-state index contributed by atoms with van der Waals surface area (Å²) in [5.41, 5.74) is 0.584. The Morgan fingerprint density at radius 3 is 2.50 bits per heavy atom. The van der Waals surface area contributed by atoms with Crippen molar-refractivity contribution in [3.63, 3.8) is 0 Å². The molecule has 1 unspecified atom stereocenters. The third-order valence-corrected chi connectivity index (χ3v) is 1.75. The maximum absolute atomic E-state index is 10.3. The minimum absolute atomic E-state index is 0.0765. The van der Waals surface area contributed by atoms with Crippen molar-refractivity contribution in [2.24, 2.45) is 0 Å². The van der Waals surface area contributed by atoms with E-state index in [9.17, 15) is 10.1 Å². The summed E-state index contributed by atoms with van der Waals surface area (Å²) in [6, 6.07) is 6.18. The van der Waals surface area contributed by atoms with Crippen LogP contribution in [0, 0.1) is 10.1 Å². The molecule has 0 spiro atoms. The molecule has 0 aliphatic heterocycles. The predicted molar refractivity (Wildman–Crippen MR) is 53.2 cm³/mol. The van der Waals surface area contributed by atoms with E-state index in [1.807, 2.05) is 0 Å². The zero-order valence-electron chi connectivity index (χ0n) is 7.64. The van der Waals surface area contributed by atoms with Crippen LogP contribution in [0.2, 0.25) is 0 Å². The third kappa shape index (κ3) is 3.32. The van der Waals surface area contributed by atoms with Gasteiger partial charge in [0.15, 0.2) is 0 Å². The van der Waals surface area contributed by atoms with Gasteiger partial charge in [-0.3, -0.25) is 10.1 Å². The summed E-state index contributed by atoms with van der Waals surface area (Å²) in [4.78, 5) is 9.90. The minimum atomic E-state index is -0.436. The molecule has 0 bridgehead atoms. The Hall–Kier alpha value is -1.13. The normalized spacial score (nSPS) is 12.4. The molecule has 0 N–H and O–H groups in total. The van der Waals surface area contributed by atoms with Gasteiger partial charge in [0.2, 0.25) is 0 Å². The molecule has 0 heterocycles. The fraction of sp³-hybridized carbons (Fsp3) is 0.333. The number of benzene rings is 1. The Balaban J connectivity index is 2.60. The fourth-order valence-electron chi connectivity index (χ4n) is 0.925.